The summed E-state index contributed by atoms with van der Waals surface area (Å²) in [6, 6.07) is 9.91. The average molecular weight is 438 g/mol. The second kappa shape index (κ2) is 9.95. The van der Waals surface area contributed by atoms with Crippen molar-refractivity contribution in [2.75, 3.05) is 17.2 Å². The van der Waals surface area contributed by atoms with Gasteiger partial charge in [-0.05, 0) is 58.0 Å². The van der Waals surface area contributed by atoms with Gasteiger partial charge in [-0.3, -0.25) is 14.3 Å². The van der Waals surface area contributed by atoms with Crippen LogP contribution in [0.1, 0.15) is 41.6 Å². The van der Waals surface area contributed by atoms with Gasteiger partial charge in [-0.2, -0.15) is 5.10 Å². The van der Waals surface area contributed by atoms with Gasteiger partial charge >= 0.3 is 5.97 Å². The van der Waals surface area contributed by atoms with Gasteiger partial charge < -0.3 is 19.9 Å². The Hall–Kier alpha value is -3.88. The quantitative estimate of drug-likeness (QED) is 0.526. The van der Waals surface area contributed by atoms with Crippen LogP contribution in [0.4, 0.5) is 11.4 Å². The molecule has 0 spiro atoms. The van der Waals surface area contributed by atoms with Crippen LogP contribution in [0, 0.1) is 13.8 Å². The SMILES string of the molecule is CCOC(=O)c1cc(C)n(CC(=O)Nc2cccc(NC(=O)C(C)n3cccn3)c2)c1C. The molecule has 0 fully saturated rings. The molecule has 1 atom stereocenters. The van der Waals surface area contributed by atoms with Gasteiger partial charge in [-0.1, -0.05) is 6.07 Å². The monoisotopic (exact) mass is 437 g/mol. The molecule has 168 valence electrons. The standard InChI is InChI=1S/C23H27N5O4/c1-5-32-23(31)20-12-15(2)27(16(20)3)14-21(29)25-18-8-6-9-19(13-18)26-22(30)17(4)28-11-7-10-24-28/h6-13,17H,5,14H2,1-4H3,(H,25,29)(H,26,30). The summed E-state index contributed by atoms with van der Waals surface area (Å²) < 4.78 is 8.40. The molecule has 0 bridgehead atoms. The van der Waals surface area contributed by atoms with Gasteiger partial charge in [-0.25, -0.2) is 4.79 Å². The zero-order chi connectivity index (χ0) is 23.3. The van der Waals surface area contributed by atoms with Crippen molar-refractivity contribution in [1.82, 2.24) is 14.3 Å². The van der Waals surface area contributed by atoms with Crippen LogP contribution < -0.4 is 10.6 Å². The number of nitrogens with zero attached hydrogens (tertiary/aromatic N) is 3. The molecule has 0 aliphatic carbocycles. The fourth-order valence-corrected chi connectivity index (χ4v) is 3.36. The van der Waals surface area contributed by atoms with Crippen molar-refractivity contribution >= 4 is 29.2 Å². The number of aromatic nitrogens is 3. The molecule has 0 radical (unpaired) electrons. The summed E-state index contributed by atoms with van der Waals surface area (Å²) >= 11 is 0. The number of ether oxygens (including phenoxy) is 1. The number of carbonyl (C=O) groups is 3. The van der Waals surface area contributed by atoms with E-state index < -0.39 is 12.0 Å². The van der Waals surface area contributed by atoms with E-state index in [1.165, 1.54) is 0 Å². The van der Waals surface area contributed by atoms with Crippen molar-refractivity contribution in [1.29, 1.82) is 0 Å². The minimum Gasteiger partial charge on any atom is -0.462 e. The van der Waals surface area contributed by atoms with Crippen LogP contribution >= 0.6 is 0 Å². The maximum absolute atomic E-state index is 12.6. The van der Waals surface area contributed by atoms with Gasteiger partial charge in [0.05, 0.1) is 12.2 Å². The van der Waals surface area contributed by atoms with Crippen molar-refractivity contribution in [3.63, 3.8) is 0 Å². The van der Waals surface area contributed by atoms with Crippen LogP contribution in [0.3, 0.4) is 0 Å². The molecule has 0 aliphatic rings. The van der Waals surface area contributed by atoms with Crippen molar-refractivity contribution in [3.05, 3.63) is 65.7 Å². The van der Waals surface area contributed by atoms with Gasteiger partial charge in [0, 0.05) is 35.2 Å². The van der Waals surface area contributed by atoms with Gasteiger partial charge in [0.2, 0.25) is 11.8 Å². The third kappa shape index (κ3) is 5.23. The van der Waals surface area contributed by atoms with Crippen molar-refractivity contribution in [3.8, 4) is 0 Å². The van der Waals surface area contributed by atoms with Gasteiger partial charge in [0.1, 0.15) is 12.6 Å². The van der Waals surface area contributed by atoms with Gasteiger partial charge in [0.15, 0.2) is 0 Å². The van der Waals surface area contributed by atoms with Crippen LogP contribution in [-0.2, 0) is 20.9 Å². The first-order valence-corrected chi connectivity index (χ1v) is 10.3. The van der Waals surface area contributed by atoms with Crippen molar-refractivity contribution in [2.24, 2.45) is 0 Å². The largest absolute Gasteiger partial charge is 0.462 e. The number of esters is 1. The lowest BCUT2D eigenvalue weighted by molar-refractivity contribution is -0.119. The predicted molar refractivity (Wildman–Crippen MR) is 121 cm³/mol. The zero-order valence-electron chi connectivity index (χ0n) is 18.6. The van der Waals surface area contributed by atoms with E-state index >= 15 is 0 Å². The summed E-state index contributed by atoms with van der Waals surface area (Å²) in [4.78, 5) is 37.2. The Labute approximate surface area is 186 Å². The molecule has 1 unspecified atom stereocenters. The number of nitrogens with one attached hydrogen (secondary N) is 2. The topological polar surface area (TPSA) is 107 Å². The van der Waals surface area contributed by atoms with E-state index in [1.54, 1.807) is 78.8 Å². The summed E-state index contributed by atoms with van der Waals surface area (Å²) in [7, 11) is 0. The maximum Gasteiger partial charge on any atom is 0.339 e. The first-order chi connectivity index (χ1) is 15.3. The molecule has 2 amide bonds. The minimum absolute atomic E-state index is 0.0456. The molecule has 3 aromatic rings. The highest BCUT2D eigenvalue weighted by atomic mass is 16.5. The molecular formula is C23H27N5O4. The van der Waals surface area contributed by atoms with Crippen molar-refractivity contribution in [2.45, 2.75) is 40.3 Å². The number of aryl methyl sites for hydroxylation is 1. The Morgan fingerprint density at radius 1 is 1.09 bits per heavy atom. The summed E-state index contributed by atoms with van der Waals surface area (Å²) in [6.45, 7) is 7.45. The first kappa shape index (κ1) is 22.8. The molecule has 3 rings (SSSR count). The molecule has 9 nitrogen and oxygen atoms in total. The molecule has 1 aromatic carbocycles. The molecule has 32 heavy (non-hydrogen) atoms. The minimum atomic E-state index is -0.475. The van der Waals surface area contributed by atoms with Crippen molar-refractivity contribution < 1.29 is 19.1 Å². The highest BCUT2D eigenvalue weighted by molar-refractivity contribution is 5.96. The van der Waals surface area contributed by atoms with E-state index in [0.29, 0.717) is 22.6 Å². The Kier molecular flexibility index (Phi) is 7.09. The van der Waals surface area contributed by atoms with E-state index in [-0.39, 0.29) is 25.0 Å². The molecule has 0 saturated carbocycles. The number of amides is 2. The van der Waals surface area contributed by atoms with Crippen LogP contribution in [0.15, 0.2) is 48.8 Å². The fourth-order valence-electron chi connectivity index (χ4n) is 3.36. The van der Waals surface area contributed by atoms with E-state index in [2.05, 4.69) is 15.7 Å². The van der Waals surface area contributed by atoms with Crippen LogP contribution in [0.25, 0.3) is 0 Å². The third-order valence-corrected chi connectivity index (χ3v) is 5.09. The van der Waals surface area contributed by atoms with Gasteiger partial charge in [0.25, 0.3) is 0 Å². The molecule has 0 saturated heterocycles. The van der Waals surface area contributed by atoms with Crippen LogP contribution in [0.5, 0.6) is 0 Å². The number of hydrogen-bond acceptors (Lipinski definition) is 5. The number of benzene rings is 1. The molecule has 2 N–H and O–H groups in total. The number of hydrogen-bond donors (Lipinski definition) is 2. The summed E-state index contributed by atoms with van der Waals surface area (Å²) in [6.07, 6.45) is 3.34. The predicted octanol–water partition coefficient (Wildman–Crippen LogP) is 3.32. The van der Waals surface area contributed by atoms with Crippen LogP contribution in [-0.4, -0.2) is 38.7 Å². The van der Waals surface area contributed by atoms with E-state index in [4.69, 9.17) is 4.74 Å². The molecule has 9 heteroatoms. The van der Waals surface area contributed by atoms with E-state index in [0.717, 1.165) is 5.69 Å². The Bertz CT molecular complexity index is 1120. The lowest BCUT2D eigenvalue weighted by Gasteiger charge is -2.14. The summed E-state index contributed by atoms with van der Waals surface area (Å²) in [5.74, 6) is -0.877. The third-order valence-electron chi connectivity index (χ3n) is 5.09. The zero-order valence-corrected chi connectivity index (χ0v) is 18.6. The smallest absolute Gasteiger partial charge is 0.339 e. The summed E-state index contributed by atoms with van der Waals surface area (Å²) in [5.41, 5.74) is 3.02. The van der Waals surface area contributed by atoms with E-state index in [9.17, 15) is 14.4 Å². The Balaban J connectivity index is 1.65. The van der Waals surface area contributed by atoms with E-state index in [1.807, 2.05) is 6.92 Å². The first-order valence-electron chi connectivity index (χ1n) is 10.3. The Morgan fingerprint density at radius 2 is 1.81 bits per heavy atom. The molecule has 2 aromatic heterocycles. The Morgan fingerprint density at radius 3 is 2.47 bits per heavy atom. The van der Waals surface area contributed by atoms with Gasteiger partial charge in [-0.15, -0.1) is 0 Å². The molecular weight excluding hydrogens is 410 g/mol. The highest BCUT2D eigenvalue weighted by Crippen LogP contribution is 2.19. The number of carbonyl (C=O) groups excluding carboxylic acids is 3. The maximum atomic E-state index is 12.6. The summed E-state index contributed by atoms with van der Waals surface area (Å²) in [5, 5.41) is 9.75. The highest BCUT2D eigenvalue weighted by Gasteiger charge is 2.19. The second-order valence-electron chi connectivity index (χ2n) is 7.37. The molecule has 0 aliphatic heterocycles. The molecule has 2 heterocycles. The fraction of sp³-hybridized carbons (Fsp3) is 0.304. The average Bonchev–Trinajstić information content (AvgIpc) is 3.38. The van der Waals surface area contributed by atoms with Crippen LogP contribution in [0.2, 0.25) is 0 Å². The number of rotatable bonds is 8. The lowest BCUT2D eigenvalue weighted by Crippen LogP contribution is -2.24. The second-order valence-corrected chi connectivity index (χ2v) is 7.37. The normalized spacial score (nSPS) is 11.6. The lowest BCUT2D eigenvalue weighted by atomic mass is 10.2. The number of anilines is 2.